The molecule has 9 heteroatoms. The van der Waals surface area contributed by atoms with Gasteiger partial charge in [-0.2, -0.15) is 9.47 Å². The summed E-state index contributed by atoms with van der Waals surface area (Å²) in [5.41, 5.74) is 1.39. The summed E-state index contributed by atoms with van der Waals surface area (Å²) < 4.78 is 20.1. The number of hydrogen-bond acceptors (Lipinski definition) is 6. The van der Waals surface area contributed by atoms with Crippen LogP contribution in [0.25, 0.3) is 0 Å². The lowest BCUT2D eigenvalue weighted by molar-refractivity contribution is 0.102. The predicted molar refractivity (Wildman–Crippen MR) is 101 cm³/mol. The zero-order chi connectivity index (χ0) is 17.8. The molecule has 0 aliphatic rings. The Morgan fingerprint density at radius 3 is 2.88 bits per heavy atom. The van der Waals surface area contributed by atoms with Gasteiger partial charge in [0.1, 0.15) is 10.8 Å². The maximum absolute atomic E-state index is 13.3. The van der Waals surface area contributed by atoms with Crippen molar-refractivity contribution in [3.63, 3.8) is 0 Å². The number of hydrogen-bond donors (Lipinski definition) is 1. The van der Waals surface area contributed by atoms with Gasteiger partial charge < -0.3 is 5.32 Å². The van der Waals surface area contributed by atoms with Crippen LogP contribution >= 0.6 is 35.1 Å². The van der Waals surface area contributed by atoms with Gasteiger partial charge in [-0.05, 0) is 41.7 Å². The summed E-state index contributed by atoms with van der Waals surface area (Å²) in [4.78, 5) is 12.6. The molecule has 2 heterocycles. The van der Waals surface area contributed by atoms with Crippen LogP contribution in [-0.4, -0.2) is 32.6 Å². The van der Waals surface area contributed by atoms with Crippen LogP contribution in [0.3, 0.4) is 0 Å². The van der Waals surface area contributed by atoms with Crippen molar-refractivity contribution >= 4 is 46.8 Å². The fraction of sp³-hybridized carbons (Fsp3) is 0.188. The number of aromatic nitrogens is 3. The van der Waals surface area contributed by atoms with Gasteiger partial charge in [0.25, 0.3) is 5.91 Å². The SMILES string of the molecule is CSc1nsc(SC)c1C(=O)Nc1ccn(Cc2cccc(F)c2)n1. The third-order valence-electron chi connectivity index (χ3n) is 3.35. The molecule has 0 saturated carbocycles. The van der Waals surface area contributed by atoms with Gasteiger partial charge in [-0.1, -0.05) is 12.1 Å². The quantitative estimate of drug-likeness (QED) is 0.634. The van der Waals surface area contributed by atoms with Gasteiger partial charge in [0.05, 0.1) is 16.3 Å². The molecule has 0 spiro atoms. The summed E-state index contributed by atoms with van der Waals surface area (Å²) in [5, 5.41) is 7.85. The van der Waals surface area contributed by atoms with E-state index in [4.69, 9.17) is 0 Å². The van der Waals surface area contributed by atoms with Crippen LogP contribution in [-0.2, 0) is 6.54 Å². The van der Waals surface area contributed by atoms with Crippen molar-refractivity contribution in [3.8, 4) is 0 Å². The maximum atomic E-state index is 13.3. The Bertz CT molecular complexity index is 872. The van der Waals surface area contributed by atoms with E-state index in [9.17, 15) is 9.18 Å². The fourth-order valence-corrected chi connectivity index (χ4v) is 4.53. The first kappa shape index (κ1) is 18.0. The monoisotopic (exact) mass is 394 g/mol. The lowest BCUT2D eigenvalue weighted by Crippen LogP contribution is -2.14. The van der Waals surface area contributed by atoms with Crippen LogP contribution < -0.4 is 5.32 Å². The minimum Gasteiger partial charge on any atom is -0.305 e. The number of thioether (sulfide) groups is 2. The van der Waals surface area contributed by atoms with E-state index in [1.54, 1.807) is 23.0 Å². The molecule has 0 aliphatic heterocycles. The highest BCUT2D eigenvalue weighted by Crippen LogP contribution is 2.33. The first-order valence-electron chi connectivity index (χ1n) is 7.27. The summed E-state index contributed by atoms with van der Waals surface area (Å²) in [6.07, 6.45) is 5.56. The summed E-state index contributed by atoms with van der Waals surface area (Å²) in [6.45, 7) is 0.430. The normalized spacial score (nSPS) is 10.8. The molecule has 3 rings (SSSR count). The number of carbonyl (C=O) groups is 1. The highest BCUT2D eigenvalue weighted by Gasteiger charge is 2.20. The van der Waals surface area contributed by atoms with Crippen molar-refractivity contribution in [3.05, 3.63) is 53.5 Å². The molecule has 1 aromatic carbocycles. The third kappa shape index (κ3) is 4.23. The second kappa shape index (κ2) is 8.03. The summed E-state index contributed by atoms with van der Waals surface area (Å²) in [6, 6.07) is 8.07. The van der Waals surface area contributed by atoms with E-state index in [-0.39, 0.29) is 11.7 Å². The van der Waals surface area contributed by atoms with E-state index < -0.39 is 0 Å². The van der Waals surface area contributed by atoms with E-state index in [1.807, 2.05) is 18.6 Å². The molecule has 1 amide bonds. The zero-order valence-corrected chi connectivity index (χ0v) is 16.0. The van der Waals surface area contributed by atoms with Crippen LogP contribution in [0, 0.1) is 5.82 Å². The fourth-order valence-electron chi connectivity index (χ4n) is 2.25. The molecular weight excluding hydrogens is 379 g/mol. The number of nitrogens with zero attached hydrogens (tertiary/aromatic N) is 3. The first-order valence-corrected chi connectivity index (χ1v) is 10.5. The van der Waals surface area contributed by atoms with Gasteiger partial charge in [-0.15, -0.1) is 23.5 Å². The number of rotatable bonds is 6. The largest absolute Gasteiger partial charge is 0.305 e. The Morgan fingerprint density at radius 2 is 2.16 bits per heavy atom. The van der Waals surface area contributed by atoms with Crippen LogP contribution in [0.1, 0.15) is 15.9 Å². The number of amides is 1. The molecule has 5 nitrogen and oxygen atoms in total. The molecule has 130 valence electrons. The molecule has 3 aromatic rings. The van der Waals surface area contributed by atoms with Crippen molar-refractivity contribution < 1.29 is 9.18 Å². The lowest BCUT2D eigenvalue weighted by Gasteiger charge is -2.04. The summed E-state index contributed by atoms with van der Waals surface area (Å²) >= 11 is 4.26. The van der Waals surface area contributed by atoms with E-state index in [1.165, 1.54) is 47.2 Å². The Morgan fingerprint density at radius 1 is 1.32 bits per heavy atom. The van der Waals surface area contributed by atoms with E-state index in [0.29, 0.717) is 23.0 Å². The van der Waals surface area contributed by atoms with Gasteiger partial charge >= 0.3 is 0 Å². The Hall–Kier alpha value is -1.84. The minimum absolute atomic E-state index is 0.224. The summed E-state index contributed by atoms with van der Waals surface area (Å²) in [7, 11) is 0. The average molecular weight is 395 g/mol. The number of anilines is 1. The van der Waals surface area contributed by atoms with Crippen molar-refractivity contribution in [2.75, 3.05) is 17.8 Å². The highest BCUT2D eigenvalue weighted by molar-refractivity contribution is 8.01. The van der Waals surface area contributed by atoms with Crippen LogP contribution in [0.15, 0.2) is 45.8 Å². The zero-order valence-electron chi connectivity index (χ0n) is 13.5. The van der Waals surface area contributed by atoms with E-state index in [0.717, 1.165) is 9.77 Å². The lowest BCUT2D eigenvalue weighted by atomic mass is 10.2. The van der Waals surface area contributed by atoms with Crippen molar-refractivity contribution in [1.29, 1.82) is 0 Å². The predicted octanol–water partition coefficient (Wildman–Crippen LogP) is 4.22. The molecule has 2 aromatic heterocycles. The second-order valence-electron chi connectivity index (χ2n) is 5.04. The molecule has 0 aliphatic carbocycles. The number of carbonyl (C=O) groups excluding carboxylic acids is 1. The maximum Gasteiger partial charge on any atom is 0.261 e. The Labute approximate surface area is 157 Å². The average Bonchev–Trinajstić information content (AvgIpc) is 3.21. The molecule has 0 fully saturated rings. The minimum atomic E-state index is -0.280. The van der Waals surface area contributed by atoms with Crippen LogP contribution in [0.5, 0.6) is 0 Å². The Balaban J connectivity index is 1.73. The molecule has 0 saturated heterocycles. The molecule has 1 N–H and O–H groups in total. The highest BCUT2D eigenvalue weighted by atomic mass is 32.2. The standard InChI is InChI=1S/C16H15FN4OS3/c1-23-15-13(16(24-2)25-20-15)14(22)18-12-6-7-21(19-12)9-10-4-3-5-11(17)8-10/h3-8H,9H2,1-2H3,(H,18,19,22). The number of halogens is 1. The van der Waals surface area contributed by atoms with Gasteiger partial charge in [0.15, 0.2) is 5.82 Å². The van der Waals surface area contributed by atoms with Crippen LogP contribution in [0.2, 0.25) is 0 Å². The third-order valence-corrected chi connectivity index (χ3v) is 6.09. The molecule has 0 bridgehead atoms. The Kier molecular flexibility index (Phi) is 5.77. The summed E-state index contributed by atoms with van der Waals surface area (Å²) in [5.74, 6) is -0.0532. The molecule has 0 atom stereocenters. The number of nitrogens with one attached hydrogen (secondary N) is 1. The van der Waals surface area contributed by atoms with Crippen LogP contribution in [0.4, 0.5) is 10.2 Å². The second-order valence-corrected chi connectivity index (χ2v) is 7.68. The van der Waals surface area contributed by atoms with Gasteiger partial charge in [-0.3, -0.25) is 9.48 Å². The topological polar surface area (TPSA) is 59.8 Å². The van der Waals surface area contributed by atoms with E-state index >= 15 is 0 Å². The van der Waals surface area contributed by atoms with Crippen molar-refractivity contribution in [2.24, 2.45) is 0 Å². The molecule has 0 unspecified atom stereocenters. The smallest absolute Gasteiger partial charge is 0.261 e. The van der Waals surface area contributed by atoms with Gasteiger partial charge in [0, 0.05) is 12.3 Å². The van der Waals surface area contributed by atoms with Gasteiger partial charge in [0.2, 0.25) is 0 Å². The van der Waals surface area contributed by atoms with Crippen molar-refractivity contribution in [2.45, 2.75) is 15.8 Å². The van der Waals surface area contributed by atoms with E-state index in [2.05, 4.69) is 14.8 Å². The van der Waals surface area contributed by atoms with Crippen molar-refractivity contribution in [1.82, 2.24) is 14.2 Å². The first-order chi connectivity index (χ1) is 12.1. The van der Waals surface area contributed by atoms with Gasteiger partial charge in [-0.25, -0.2) is 4.39 Å². The molecule has 25 heavy (non-hydrogen) atoms. The molecular formula is C16H15FN4OS3. The molecule has 0 radical (unpaired) electrons. The number of benzene rings is 1.